The topological polar surface area (TPSA) is 91.6 Å². The second-order valence-electron chi connectivity index (χ2n) is 6.09. The van der Waals surface area contributed by atoms with E-state index in [-0.39, 0.29) is 24.0 Å². The predicted molar refractivity (Wildman–Crippen MR) is 111 cm³/mol. The van der Waals surface area contributed by atoms with E-state index in [9.17, 15) is 0 Å². The molecule has 1 aromatic carbocycles. The quantitative estimate of drug-likeness (QED) is 0.265. The van der Waals surface area contributed by atoms with E-state index >= 15 is 0 Å². The molecule has 7 nitrogen and oxygen atoms in total. The average molecular weight is 458 g/mol. The van der Waals surface area contributed by atoms with Crippen LogP contribution < -0.4 is 11.1 Å². The summed E-state index contributed by atoms with van der Waals surface area (Å²) in [4.78, 5) is 14.6. The zero-order valence-corrected chi connectivity index (χ0v) is 17.0. The van der Waals surface area contributed by atoms with Crippen molar-refractivity contribution in [3.05, 3.63) is 29.6 Å². The number of nitrogens with one attached hydrogen (secondary N) is 2. The Balaban J connectivity index is 0.00000225. The van der Waals surface area contributed by atoms with Gasteiger partial charge in [0.2, 0.25) is 0 Å². The normalized spacial score (nSPS) is 16.0. The van der Waals surface area contributed by atoms with Crippen molar-refractivity contribution in [2.45, 2.75) is 19.9 Å². The fourth-order valence-electron chi connectivity index (χ4n) is 2.86. The molecule has 1 aliphatic heterocycles. The number of aromatic nitrogens is 2. The van der Waals surface area contributed by atoms with E-state index in [1.54, 1.807) is 0 Å². The summed E-state index contributed by atoms with van der Waals surface area (Å²) >= 11 is 0. The highest BCUT2D eigenvalue weighted by Gasteiger charge is 2.09. The molecule has 2 heterocycles. The number of H-pyrrole nitrogens is 1. The summed E-state index contributed by atoms with van der Waals surface area (Å²) < 4.78 is 5.34. The number of aromatic amines is 1. The van der Waals surface area contributed by atoms with Crippen LogP contribution in [0.5, 0.6) is 0 Å². The van der Waals surface area contributed by atoms with Gasteiger partial charge < -0.3 is 20.8 Å². The van der Waals surface area contributed by atoms with Gasteiger partial charge in [-0.25, -0.2) is 9.98 Å². The van der Waals surface area contributed by atoms with Crippen LogP contribution in [-0.2, 0) is 11.3 Å². The summed E-state index contributed by atoms with van der Waals surface area (Å²) in [5.74, 6) is 1.30. The molecule has 0 bridgehead atoms. The van der Waals surface area contributed by atoms with Crippen molar-refractivity contribution in [2.24, 2.45) is 10.7 Å². The lowest BCUT2D eigenvalue weighted by Gasteiger charge is -2.26. The first-order chi connectivity index (χ1) is 11.7. The van der Waals surface area contributed by atoms with Crippen molar-refractivity contribution in [2.75, 3.05) is 39.4 Å². The van der Waals surface area contributed by atoms with Crippen LogP contribution in [0.25, 0.3) is 11.0 Å². The number of ether oxygens (including phenoxy) is 1. The fourth-order valence-corrected chi connectivity index (χ4v) is 2.86. The second kappa shape index (κ2) is 9.93. The summed E-state index contributed by atoms with van der Waals surface area (Å²) in [7, 11) is 0. The minimum absolute atomic E-state index is 0. The lowest BCUT2D eigenvalue weighted by molar-refractivity contribution is 0.0376. The molecule has 0 amide bonds. The fraction of sp³-hybridized carbons (Fsp3) is 0.529. The van der Waals surface area contributed by atoms with Gasteiger partial charge in [-0.15, -0.1) is 24.0 Å². The number of aryl methyl sites for hydroxylation is 1. The van der Waals surface area contributed by atoms with Gasteiger partial charge in [0.25, 0.3) is 0 Å². The number of para-hydroxylation sites is 1. The molecule has 0 radical (unpaired) electrons. The van der Waals surface area contributed by atoms with Gasteiger partial charge in [-0.2, -0.15) is 0 Å². The minimum atomic E-state index is 0. The van der Waals surface area contributed by atoms with Gasteiger partial charge in [-0.05, 0) is 31.5 Å². The van der Waals surface area contributed by atoms with Crippen molar-refractivity contribution < 1.29 is 4.74 Å². The third-order valence-electron chi connectivity index (χ3n) is 4.22. The van der Waals surface area contributed by atoms with Crippen LogP contribution in [0.2, 0.25) is 0 Å². The van der Waals surface area contributed by atoms with Gasteiger partial charge in [0, 0.05) is 19.6 Å². The SMILES string of the molecule is Cc1cccc2[nH]c(CN=C(N)NCCCN3CCOCC3)nc12.I. The highest BCUT2D eigenvalue weighted by atomic mass is 127. The van der Waals surface area contributed by atoms with Gasteiger partial charge >= 0.3 is 0 Å². The number of nitrogens with two attached hydrogens (primary N) is 1. The van der Waals surface area contributed by atoms with E-state index in [1.165, 1.54) is 0 Å². The van der Waals surface area contributed by atoms with Crippen LogP contribution in [-0.4, -0.2) is 60.2 Å². The average Bonchev–Trinajstić information content (AvgIpc) is 3.02. The number of benzene rings is 1. The molecule has 1 fully saturated rings. The Hall–Kier alpha value is -1.39. The molecular weight excluding hydrogens is 431 g/mol. The summed E-state index contributed by atoms with van der Waals surface area (Å²) in [5.41, 5.74) is 9.13. The number of rotatable bonds is 6. The predicted octanol–water partition coefficient (Wildman–Crippen LogP) is 1.62. The molecule has 2 aromatic rings. The summed E-state index contributed by atoms with van der Waals surface area (Å²) in [6, 6.07) is 6.10. The Morgan fingerprint density at radius 1 is 1.40 bits per heavy atom. The number of fused-ring (bicyclic) bond motifs is 1. The Kier molecular flexibility index (Phi) is 7.91. The van der Waals surface area contributed by atoms with Crippen LogP contribution in [0.15, 0.2) is 23.2 Å². The zero-order chi connectivity index (χ0) is 16.8. The maximum atomic E-state index is 5.93. The highest BCUT2D eigenvalue weighted by Crippen LogP contribution is 2.15. The first-order valence-electron chi connectivity index (χ1n) is 8.50. The number of aliphatic imine (C=N–C) groups is 1. The lowest BCUT2D eigenvalue weighted by Crippen LogP contribution is -2.39. The number of guanidine groups is 1. The Morgan fingerprint density at radius 2 is 2.20 bits per heavy atom. The van der Waals surface area contributed by atoms with E-state index in [0.717, 1.165) is 68.2 Å². The minimum Gasteiger partial charge on any atom is -0.379 e. The molecule has 1 aromatic heterocycles. The van der Waals surface area contributed by atoms with E-state index in [2.05, 4.69) is 38.2 Å². The number of imidazole rings is 1. The molecule has 0 atom stereocenters. The molecule has 0 aliphatic carbocycles. The summed E-state index contributed by atoms with van der Waals surface area (Å²) in [6.07, 6.45) is 1.04. The molecule has 138 valence electrons. The van der Waals surface area contributed by atoms with Gasteiger partial charge in [0.15, 0.2) is 5.96 Å². The van der Waals surface area contributed by atoms with Crippen LogP contribution in [0.4, 0.5) is 0 Å². The maximum absolute atomic E-state index is 5.93. The Bertz CT molecular complexity index is 696. The largest absolute Gasteiger partial charge is 0.379 e. The molecule has 1 aliphatic rings. The first-order valence-corrected chi connectivity index (χ1v) is 8.50. The number of morpholine rings is 1. The molecule has 1 saturated heterocycles. The molecule has 8 heteroatoms. The molecular formula is C17H27IN6O. The van der Waals surface area contributed by atoms with Gasteiger partial charge in [-0.3, -0.25) is 4.90 Å². The summed E-state index contributed by atoms with van der Waals surface area (Å²) in [5, 5.41) is 3.17. The van der Waals surface area contributed by atoms with E-state index in [4.69, 9.17) is 10.5 Å². The summed E-state index contributed by atoms with van der Waals surface area (Å²) in [6.45, 7) is 8.13. The Labute approximate surface area is 165 Å². The number of nitrogens with zero attached hydrogens (tertiary/aromatic N) is 3. The lowest BCUT2D eigenvalue weighted by atomic mass is 10.2. The Morgan fingerprint density at radius 3 is 2.96 bits per heavy atom. The van der Waals surface area contributed by atoms with Gasteiger partial charge in [0.05, 0.1) is 24.2 Å². The van der Waals surface area contributed by atoms with Crippen molar-refractivity contribution in [3.8, 4) is 0 Å². The first kappa shape index (κ1) is 19.9. The van der Waals surface area contributed by atoms with Crippen LogP contribution in [0.3, 0.4) is 0 Å². The molecule has 25 heavy (non-hydrogen) atoms. The van der Waals surface area contributed by atoms with Crippen LogP contribution in [0.1, 0.15) is 17.8 Å². The van der Waals surface area contributed by atoms with Crippen molar-refractivity contribution >= 4 is 41.0 Å². The third-order valence-corrected chi connectivity index (χ3v) is 4.22. The zero-order valence-electron chi connectivity index (χ0n) is 14.6. The van der Waals surface area contributed by atoms with Crippen LogP contribution in [0, 0.1) is 6.92 Å². The van der Waals surface area contributed by atoms with E-state index < -0.39 is 0 Å². The van der Waals surface area contributed by atoms with Crippen molar-refractivity contribution in [1.29, 1.82) is 0 Å². The molecule has 0 saturated carbocycles. The number of hydrogen-bond acceptors (Lipinski definition) is 4. The maximum Gasteiger partial charge on any atom is 0.189 e. The monoisotopic (exact) mass is 458 g/mol. The number of halogens is 1. The number of hydrogen-bond donors (Lipinski definition) is 3. The van der Waals surface area contributed by atoms with E-state index in [1.807, 2.05) is 12.1 Å². The highest BCUT2D eigenvalue weighted by molar-refractivity contribution is 14.0. The van der Waals surface area contributed by atoms with Gasteiger partial charge in [0.1, 0.15) is 12.4 Å². The van der Waals surface area contributed by atoms with Crippen molar-refractivity contribution in [1.82, 2.24) is 20.2 Å². The molecule has 0 unspecified atom stereocenters. The molecule has 0 spiro atoms. The standard InChI is InChI=1S/C17H26N6O.HI/c1-13-4-2-5-14-16(13)22-15(21-14)12-20-17(18)19-6-3-7-23-8-10-24-11-9-23;/h2,4-5H,3,6-12H2,1H3,(H,21,22)(H3,18,19,20);1H. The second-order valence-corrected chi connectivity index (χ2v) is 6.09. The van der Waals surface area contributed by atoms with Crippen molar-refractivity contribution in [3.63, 3.8) is 0 Å². The van der Waals surface area contributed by atoms with Gasteiger partial charge in [-0.1, -0.05) is 12.1 Å². The molecule has 4 N–H and O–H groups in total. The third kappa shape index (κ3) is 5.82. The smallest absolute Gasteiger partial charge is 0.189 e. The molecule has 3 rings (SSSR count). The van der Waals surface area contributed by atoms with E-state index in [0.29, 0.717) is 12.5 Å². The van der Waals surface area contributed by atoms with Crippen LogP contribution >= 0.6 is 24.0 Å².